The highest BCUT2D eigenvalue weighted by Crippen LogP contribution is 2.37. The van der Waals surface area contributed by atoms with Crippen LogP contribution in [0.1, 0.15) is 31.2 Å². The van der Waals surface area contributed by atoms with Gasteiger partial charge in [0.25, 0.3) is 0 Å². The Morgan fingerprint density at radius 2 is 1.92 bits per heavy atom. The lowest BCUT2D eigenvalue weighted by molar-refractivity contribution is 0.184. The Hall–Kier alpha value is -4.48. The van der Waals surface area contributed by atoms with E-state index in [1.807, 2.05) is 25.4 Å². The third-order valence-corrected chi connectivity index (χ3v) is 6.91. The minimum Gasteiger partial charge on any atom is -0.497 e. The molecule has 200 valence electrons. The van der Waals surface area contributed by atoms with Crippen molar-refractivity contribution in [3.8, 4) is 28.6 Å². The molecule has 1 saturated carbocycles. The van der Waals surface area contributed by atoms with Crippen LogP contribution in [-0.2, 0) is 13.6 Å². The highest BCUT2D eigenvalue weighted by atomic mass is 16.5. The van der Waals surface area contributed by atoms with Gasteiger partial charge in [-0.3, -0.25) is 4.68 Å². The maximum atomic E-state index is 11.3. The summed E-state index contributed by atoms with van der Waals surface area (Å²) in [5.74, 6) is 1.69. The lowest BCUT2D eigenvalue weighted by atomic mass is 9.90. The molecule has 12 heteroatoms. The first-order valence-corrected chi connectivity index (χ1v) is 12.4. The fourth-order valence-electron chi connectivity index (χ4n) is 5.05. The number of anilines is 1. The highest BCUT2D eigenvalue weighted by Gasteiger charge is 2.28. The van der Waals surface area contributed by atoms with Crippen molar-refractivity contribution >= 4 is 22.9 Å². The highest BCUT2D eigenvalue weighted by molar-refractivity contribution is 5.97. The number of amides is 1. The van der Waals surface area contributed by atoms with E-state index in [2.05, 4.69) is 15.7 Å². The molecule has 0 bridgehead atoms. The van der Waals surface area contributed by atoms with Gasteiger partial charge in [-0.05, 0) is 25.0 Å². The molecule has 1 fully saturated rings. The molecule has 5 rings (SSSR count). The molecule has 1 amide bonds. The zero-order chi connectivity index (χ0) is 26.8. The molecule has 2 atom stereocenters. The van der Waals surface area contributed by atoms with Crippen LogP contribution in [-0.4, -0.2) is 66.9 Å². The molecular weight excluding hydrogens is 490 g/mol. The Kier molecular flexibility index (Phi) is 6.95. The number of hydrogen-bond acceptors (Lipinski definition) is 8. The van der Waals surface area contributed by atoms with Crippen molar-refractivity contribution in [2.45, 2.75) is 44.3 Å². The van der Waals surface area contributed by atoms with Gasteiger partial charge in [0.2, 0.25) is 11.8 Å². The zero-order valence-corrected chi connectivity index (χ0v) is 21.5. The summed E-state index contributed by atoms with van der Waals surface area (Å²) >= 11 is 0. The number of benzene rings is 1. The van der Waals surface area contributed by atoms with Crippen LogP contribution < -0.4 is 20.1 Å². The van der Waals surface area contributed by atoms with Crippen molar-refractivity contribution < 1.29 is 24.5 Å². The predicted octanol–water partition coefficient (Wildman–Crippen LogP) is 3.59. The van der Waals surface area contributed by atoms with E-state index < -0.39 is 6.09 Å². The normalized spacial score (nSPS) is 17.3. The van der Waals surface area contributed by atoms with E-state index in [0.717, 1.165) is 36.8 Å². The molecule has 38 heavy (non-hydrogen) atoms. The van der Waals surface area contributed by atoms with E-state index in [4.69, 9.17) is 19.4 Å². The van der Waals surface area contributed by atoms with Crippen LogP contribution in [0.5, 0.6) is 17.4 Å². The molecule has 4 N–H and O–H groups in total. The van der Waals surface area contributed by atoms with Gasteiger partial charge in [-0.25, -0.2) is 14.8 Å². The summed E-state index contributed by atoms with van der Waals surface area (Å²) in [7, 11) is 4.99. The third kappa shape index (κ3) is 5.01. The van der Waals surface area contributed by atoms with Crippen molar-refractivity contribution in [3.05, 3.63) is 42.4 Å². The number of nitrogens with one attached hydrogen (secondary N) is 2. The van der Waals surface area contributed by atoms with Crippen LogP contribution in [0.3, 0.4) is 0 Å². The molecule has 0 aliphatic heterocycles. The van der Waals surface area contributed by atoms with E-state index in [-0.39, 0.29) is 18.0 Å². The summed E-state index contributed by atoms with van der Waals surface area (Å²) in [5, 5.41) is 31.3. The maximum Gasteiger partial charge on any atom is 0.404 e. The molecule has 0 radical (unpaired) electrons. The molecule has 3 aromatic heterocycles. The van der Waals surface area contributed by atoms with Crippen molar-refractivity contribution in [3.63, 3.8) is 0 Å². The molecular formula is C26H31N7O5. The Morgan fingerprint density at radius 3 is 2.61 bits per heavy atom. The number of aromatic hydroxyl groups is 1. The summed E-state index contributed by atoms with van der Waals surface area (Å²) < 4.78 is 14.2. The average molecular weight is 522 g/mol. The molecule has 0 spiro atoms. The van der Waals surface area contributed by atoms with Gasteiger partial charge in [0.05, 0.1) is 49.6 Å². The number of hydrogen-bond donors (Lipinski definition) is 4. The van der Waals surface area contributed by atoms with E-state index in [1.54, 1.807) is 41.9 Å². The number of carboxylic acid groups (broad SMARTS) is 1. The number of nitrogens with zero attached hydrogens (tertiary/aromatic N) is 5. The predicted molar refractivity (Wildman–Crippen MR) is 141 cm³/mol. The quantitative estimate of drug-likeness (QED) is 0.273. The fourth-order valence-corrected chi connectivity index (χ4v) is 5.05. The summed E-state index contributed by atoms with van der Waals surface area (Å²) in [6.07, 6.45) is 7.69. The summed E-state index contributed by atoms with van der Waals surface area (Å²) in [4.78, 5) is 20.8. The molecule has 4 aromatic rings. The van der Waals surface area contributed by atoms with Gasteiger partial charge in [-0.15, -0.1) is 0 Å². The van der Waals surface area contributed by atoms with E-state index in [0.29, 0.717) is 40.6 Å². The molecule has 1 aromatic carbocycles. The lowest BCUT2D eigenvalue weighted by Gasteiger charge is -2.32. The standard InChI is InChI=1S/C26H31N7O5/c1-32-12-16(11-27-32)23-22-20(29-25(31-23)28-18-6-4-5-7-19(18)30-26(35)36)14-33(24(22)34)13-15-8-9-17(37-2)10-21(15)38-3/h8-12,14,18-19,30,34H,4-7,13H2,1-3H3,(H,28,29)(H,35,36)/t18-,19+/m1/s1. The molecule has 0 unspecified atom stereocenters. The SMILES string of the molecule is COc1ccc(Cn2cc3nc(N[C@@H]4CCCC[C@@H]4NC(=O)O)nc(-c4cnn(C)c4)c3c2O)c(OC)c1. The fraction of sp³-hybridized carbons (Fsp3) is 0.385. The number of carbonyl (C=O) groups is 1. The first-order chi connectivity index (χ1) is 18.4. The largest absolute Gasteiger partial charge is 0.497 e. The summed E-state index contributed by atoms with van der Waals surface area (Å²) in [6, 6.07) is 5.12. The number of aryl methyl sites for hydroxylation is 1. The number of aromatic nitrogens is 5. The summed E-state index contributed by atoms with van der Waals surface area (Å²) in [5.41, 5.74) is 2.65. The van der Waals surface area contributed by atoms with Crippen molar-refractivity contribution in [1.29, 1.82) is 0 Å². The van der Waals surface area contributed by atoms with Gasteiger partial charge in [-0.1, -0.05) is 12.8 Å². The molecule has 3 heterocycles. The average Bonchev–Trinajstić information content (AvgIpc) is 3.47. The number of ether oxygens (including phenoxy) is 2. The molecule has 12 nitrogen and oxygen atoms in total. The van der Waals surface area contributed by atoms with Crippen LogP contribution >= 0.6 is 0 Å². The first kappa shape index (κ1) is 25.2. The smallest absolute Gasteiger partial charge is 0.404 e. The molecule has 1 aliphatic rings. The van der Waals surface area contributed by atoms with Crippen molar-refractivity contribution in [2.75, 3.05) is 19.5 Å². The van der Waals surface area contributed by atoms with Gasteiger partial charge in [0.1, 0.15) is 11.5 Å². The van der Waals surface area contributed by atoms with Gasteiger partial charge < -0.3 is 34.9 Å². The Bertz CT molecular complexity index is 1460. The van der Waals surface area contributed by atoms with Crippen LogP contribution in [0.2, 0.25) is 0 Å². The summed E-state index contributed by atoms with van der Waals surface area (Å²) in [6.45, 7) is 0.331. The van der Waals surface area contributed by atoms with E-state index >= 15 is 0 Å². The van der Waals surface area contributed by atoms with Gasteiger partial charge in [0.15, 0.2) is 0 Å². The minimum atomic E-state index is -1.05. The minimum absolute atomic E-state index is 0.0198. The van der Waals surface area contributed by atoms with E-state index in [1.165, 1.54) is 0 Å². The molecule has 1 aliphatic carbocycles. The third-order valence-electron chi connectivity index (χ3n) is 6.91. The van der Waals surface area contributed by atoms with Crippen LogP contribution in [0.25, 0.3) is 22.2 Å². The second-order valence-corrected chi connectivity index (χ2v) is 9.41. The topological polar surface area (TPSA) is 149 Å². The first-order valence-electron chi connectivity index (χ1n) is 12.4. The van der Waals surface area contributed by atoms with Gasteiger partial charge in [-0.2, -0.15) is 5.10 Å². The number of fused-ring (bicyclic) bond motifs is 1. The Morgan fingerprint density at radius 1 is 1.13 bits per heavy atom. The Labute approximate surface area is 219 Å². The van der Waals surface area contributed by atoms with Crippen molar-refractivity contribution in [2.24, 2.45) is 7.05 Å². The van der Waals surface area contributed by atoms with Gasteiger partial charge >= 0.3 is 6.09 Å². The van der Waals surface area contributed by atoms with E-state index in [9.17, 15) is 15.0 Å². The van der Waals surface area contributed by atoms with Crippen LogP contribution in [0, 0.1) is 0 Å². The van der Waals surface area contributed by atoms with Crippen LogP contribution in [0.15, 0.2) is 36.8 Å². The maximum absolute atomic E-state index is 11.3. The van der Waals surface area contributed by atoms with Crippen molar-refractivity contribution in [1.82, 2.24) is 29.6 Å². The second-order valence-electron chi connectivity index (χ2n) is 9.41. The molecule has 0 saturated heterocycles. The van der Waals surface area contributed by atoms with Crippen LogP contribution in [0.4, 0.5) is 10.7 Å². The Balaban J connectivity index is 1.56. The number of rotatable bonds is 8. The monoisotopic (exact) mass is 521 g/mol. The lowest BCUT2D eigenvalue weighted by Crippen LogP contribution is -2.48. The second kappa shape index (κ2) is 10.5. The zero-order valence-electron chi connectivity index (χ0n) is 21.5. The number of methoxy groups -OCH3 is 2. The van der Waals surface area contributed by atoms with Gasteiger partial charge in [0, 0.05) is 42.7 Å².